The summed E-state index contributed by atoms with van der Waals surface area (Å²) in [6.45, 7) is 13.1. The molecule has 0 radical (unpaired) electrons. The van der Waals surface area contributed by atoms with Crippen LogP contribution in [0.5, 0.6) is 0 Å². The van der Waals surface area contributed by atoms with Crippen LogP contribution in [0.4, 0.5) is 0 Å². The van der Waals surface area contributed by atoms with E-state index in [1.807, 2.05) is 53.4 Å². The zero-order valence-corrected chi connectivity index (χ0v) is 16.5. The van der Waals surface area contributed by atoms with Gasteiger partial charge < -0.3 is 13.7 Å². The summed E-state index contributed by atoms with van der Waals surface area (Å²) >= 11 is 0. The van der Waals surface area contributed by atoms with Gasteiger partial charge in [0.25, 0.3) is 0 Å². The van der Waals surface area contributed by atoms with Crippen molar-refractivity contribution < 1.29 is 17.8 Å². The quantitative estimate of drug-likeness (QED) is 0.788. The van der Waals surface area contributed by atoms with Gasteiger partial charge in [0, 0.05) is 15.8 Å². The maximum atomic E-state index is 7.97. The van der Waals surface area contributed by atoms with Gasteiger partial charge in [-0.05, 0) is 67.2 Å². The van der Waals surface area contributed by atoms with E-state index in [1.54, 1.807) is 19.2 Å². The van der Waals surface area contributed by atoms with Crippen LogP contribution in [-0.2, 0) is 19.3 Å². The molecule has 0 saturated carbocycles. The lowest BCUT2D eigenvalue weighted by Gasteiger charge is -2.32. The van der Waals surface area contributed by atoms with Crippen LogP contribution >= 0.6 is 0 Å². The van der Waals surface area contributed by atoms with Gasteiger partial charge in [-0.1, -0.05) is 6.07 Å². The molecule has 1 aliphatic rings. The van der Waals surface area contributed by atoms with Gasteiger partial charge in [-0.15, -0.1) is 0 Å². The van der Waals surface area contributed by atoms with Crippen LogP contribution in [0.25, 0.3) is 0 Å². The topological polar surface area (TPSA) is 40.6 Å². The Bertz CT molecular complexity index is 643. The standard InChI is InChI=1S/C17H30BNO3Si/c1-15(2,22-23(7,8)9)14-11-10-13(12-19-14)18-20-16(3,4)17(5,6)21-18/h10-12H,1-9H3/i1D3. The summed E-state index contributed by atoms with van der Waals surface area (Å²) in [4.78, 5) is 4.42. The van der Waals surface area contributed by atoms with Crippen molar-refractivity contribution in [3.63, 3.8) is 0 Å². The van der Waals surface area contributed by atoms with Gasteiger partial charge in [-0.3, -0.25) is 4.98 Å². The highest BCUT2D eigenvalue weighted by Gasteiger charge is 2.51. The Balaban J connectivity index is 2.33. The zero-order chi connectivity index (χ0) is 20.2. The Morgan fingerprint density at radius 1 is 1.17 bits per heavy atom. The summed E-state index contributed by atoms with van der Waals surface area (Å²) in [6, 6.07) is 3.51. The summed E-state index contributed by atoms with van der Waals surface area (Å²) in [5.41, 5.74) is -1.19. The fourth-order valence-electron chi connectivity index (χ4n) is 2.47. The number of pyridine rings is 1. The second-order valence-electron chi connectivity index (χ2n) is 8.31. The monoisotopic (exact) mass is 338 g/mol. The van der Waals surface area contributed by atoms with E-state index in [9.17, 15) is 0 Å². The molecule has 2 heterocycles. The van der Waals surface area contributed by atoms with E-state index in [4.69, 9.17) is 17.8 Å². The first-order chi connectivity index (χ1) is 11.5. The molecule has 1 aromatic rings. The van der Waals surface area contributed by atoms with E-state index in [-0.39, 0.29) is 0 Å². The van der Waals surface area contributed by atoms with Crippen molar-refractivity contribution in [2.45, 2.75) is 77.9 Å². The maximum absolute atomic E-state index is 7.97. The van der Waals surface area contributed by atoms with E-state index in [2.05, 4.69) is 4.98 Å². The highest BCUT2D eigenvalue weighted by atomic mass is 28.4. The summed E-state index contributed by atoms with van der Waals surface area (Å²) in [5, 5.41) is 0. The molecule has 1 atom stereocenters. The van der Waals surface area contributed by atoms with Crippen LogP contribution < -0.4 is 5.46 Å². The van der Waals surface area contributed by atoms with Crippen LogP contribution in [0.1, 0.15) is 51.3 Å². The first kappa shape index (κ1) is 14.6. The van der Waals surface area contributed by atoms with Crippen LogP contribution in [0, 0.1) is 0 Å². The molecule has 6 heteroatoms. The predicted molar refractivity (Wildman–Crippen MR) is 97.4 cm³/mol. The molecule has 0 aromatic carbocycles. The van der Waals surface area contributed by atoms with Crippen molar-refractivity contribution in [2.24, 2.45) is 0 Å². The smallest absolute Gasteiger partial charge is 0.407 e. The molecule has 4 nitrogen and oxygen atoms in total. The average molecular weight is 338 g/mol. The molecule has 0 spiro atoms. The Hall–Kier alpha value is -0.688. The van der Waals surface area contributed by atoms with E-state index in [0.717, 1.165) is 5.46 Å². The van der Waals surface area contributed by atoms with Crippen molar-refractivity contribution in [1.82, 2.24) is 4.98 Å². The summed E-state index contributed by atoms with van der Waals surface area (Å²) in [6.07, 6.45) is 1.62. The number of hydrogen-bond acceptors (Lipinski definition) is 4. The third-order valence-corrected chi connectivity index (χ3v) is 5.33. The highest BCUT2D eigenvalue weighted by molar-refractivity contribution is 6.69. The van der Waals surface area contributed by atoms with Crippen molar-refractivity contribution in [3.05, 3.63) is 24.0 Å². The Kier molecular flexibility index (Phi) is 3.62. The van der Waals surface area contributed by atoms with Crippen LogP contribution in [-0.4, -0.2) is 31.6 Å². The van der Waals surface area contributed by atoms with Gasteiger partial charge in [0.05, 0.1) is 22.5 Å². The Morgan fingerprint density at radius 2 is 1.74 bits per heavy atom. The molecule has 2 rings (SSSR count). The first-order valence-corrected chi connectivity index (χ1v) is 11.4. The number of hydrogen-bond donors (Lipinski definition) is 0. The summed E-state index contributed by atoms with van der Waals surface area (Å²) in [5.74, 6) is 0. The normalized spacial score (nSPS) is 25.4. The zero-order valence-electron chi connectivity index (χ0n) is 18.5. The van der Waals surface area contributed by atoms with Crippen LogP contribution in [0.2, 0.25) is 19.6 Å². The predicted octanol–water partition coefficient (Wildman–Crippen LogP) is 3.47. The third kappa shape index (κ3) is 4.05. The van der Waals surface area contributed by atoms with Gasteiger partial charge >= 0.3 is 7.12 Å². The minimum atomic E-state index is -2.33. The van der Waals surface area contributed by atoms with E-state index in [1.165, 1.54) is 0 Å². The van der Waals surface area contributed by atoms with Crippen molar-refractivity contribution in [3.8, 4) is 0 Å². The maximum Gasteiger partial charge on any atom is 0.496 e. The van der Waals surface area contributed by atoms with E-state index in [0.29, 0.717) is 5.69 Å². The van der Waals surface area contributed by atoms with Crippen LogP contribution in [0.15, 0.2) is 18.3 Å². The molecule has 1 aliphatic heterocycles. The van der Waals surface area contributed by atoms with Gasteiger partial charge in [-0.25, -0.2) is 0 Å². The molecular formula is C17H30BNO3Si. The average Bonchev–Trinajstić information content (AvgIpc) is 2.64. The van der Waals surface area contributed by atoms with E-state index >= 15 is 0 Å². The van der Waals surface area contributed by atoms with Crippen molar-refractivity contribution in [1.29, 1.82) is 0 Å². The fourth-order valence-corrected chi connectivity index (χ4v) is 3.80. The molecule has 0 bridgehead atoms. The largest absolute Gasteiger partial charge is 0.496 e. The lowest BCUT2D eigenvalue weighted by Crippen LogP contribution is -2.41. The van der Waals surface area contributed by atoms with Gasteiger partial charge in [0.1, 0.15) is 0 Å². The highest BCUT2D eigenvalue weighted by Crippen LogP contribution is 2.36. The molecule has 128 valence electrons. The second-order valence-corrected chi connectivity index (χ2v) is 12.7. The Morgan fingerprint density at radius 3 is 2.13 bits per heavy atom. The Labute approximate surface area is 146 Å². The second kappa shape index (κ2) is 5.69. The molecule has 0 amide bonds. The molecule has 0 N–H and O–H groups in total. The molecule has 0 aliphatic carbocycles. The van der Waals surface area contributed by atoms with Gasteiger partial charge in [-0.2, -0.15) is 0 Å². The molecule has 1 aromatic heterocycles. The van der Waals surface area contributed by atoms with Crippen LogP contribution in [0.3, 0.4) is 0 Å². The van der Waals surface area contributed by atoms with Crippen molar-refractivity contribution >= 4 is 20.9 Å². The minimum Gasteiger partial charge on any atom is -0.407 e. The van der Waals surface area contributed by atoms with E-state index < -0.39 is 39.1 Å². The fraction of sp³-hybridized carbons (Fsp3) is 0.706. The molecule has 1 fully saturated rings. The number of nitrogens with zero attached hydrogens (tertiary/aromatic N) is 1. The SMILES string of the molecule is [2H]C([2H])([2H])C(C)(O[Si](C)(C)C)c1ccc(B2OC(C)(C)C(C)(C)O2)cn1. The number of rotatable bonds is 4. The lowest BCUT2D eigenvalue weighted by molar-refractivity contribution is 0.00578. The summed E-state index contributed by atoms with van der Waals surface area (Å²) in [7, 11) is -2.64. The molecular weight excluding hydrogens is 305 g/mol. The summed E-state index contributed by atoms with van der Waals surface area (Å²) < 4.78 is 42.0. The van der Waals surface area contributed by atoms with Gasteiger partial charge in [0.15, 0.2) is 8.32 Å². The minimum absolute atomic E-state index is 0.389. The first-order valence-electron chi connectivity index (χ1n) is 9.51. The van der Waals surface area contributed by atoms with Crippen molar-refractivity contribution in [2.75, 3.05) is 0 Å². The molecule has 23 heavy (non-hydrogen) atoms. The third-order valence-electron chi connectivity index (χ3n) is 4.31. The molecule has 1 saturated heterocycles. The van der Waals surface area contributed by atoms with Gasteiger partial charge in [0.2, 0.25) is 0 Å². The number of aromatic nitrogens is 1. The lowest BCUT2D eigenvalue weighted by atomic mass is 9.80. The molecule has 1 unspecified atom stereocenters.